The number of rotatable bonds is 2. The number of hydrogen-bond acceptors (Lipinski definition) is 1. The highest BCUT2D eigenvalue weighted by Crippen LogP contribution is 2.45. The molecule has 1 heteroatoms. The molecule has 0 spiro atoms. The van der Waals surface area contributed by atoms with Crippen molar-refractivity contribution in [3.05, 3.63) is 29.8 Å². The van der Waals surface area contributed by atoms with Crippen LogP contribution in [0.15, 0.2) is 24.3 Å². The first kappa shape index (κ1) is 9.26. The largest absolute Gasteiger partial charge is 0.382 e. The molecule has 0 saturated heterocycles. The molecule has 0 radical (unpaired) electrons. The summed E-state index contributed by atoms with van der Waals surface area (Å²) in [4.78, 5) is 0. The fourth-order valence-electron chi connectivity index (χ4n) is 3.29. The van der Waals surface area contributed by atoms with Crippen LogP contribution in [0.4, 0.5) is 5.69 Å². The summed E-state index contributed by atoms with van der Waals surface area (Å²) < 4.78 is 0. The van der Waals surface area contributed by atoms with Crippen LogP contribution in [-0.4, -0.2) is 6.04 Å². The quantitative estimate of drug-likeness (QED) is 0.771. The van der Waals surface area contributed by atoms with E-state index < -0.39 is 0 Å². The molecule has 2 fully saturated rings. The summed E-state index contributed by atoms with van der Waals surface area (Å²) in [7, 11) is 0. The summed E-state index contributed by atoms with van der Waals surface area (Å²) in [6.45, 7) is 2.14. The van der Waals surface area contributed by atoms with Gasteiger partial charge in [-0.1, -0.05) is 24.1 Å². The lowest BCUT2D eigenvalue weighted by Crippen LogP contribution is -2.25. The number of anilines is 1. The van der Waals surface area contributed by atoms with Crippen molar-refractivity contribution in [3.8, 4) is 0 Å². The Balaban J connectivity index is 1.68. The zero-order chi connectivity index (χ0) is 10.3. The van der Waals surface area contributed by atoms with Crippen LogP contribution in [0, 0.1) is 18.8 Å². The van der Waals surface area contributed by atoms with Crippen LogP contribution in [0.3, 0.4) is 0 Å². The summed E-state index contributed by atoms with van der Waals surface area (Å²) in [5.74, 6) is 1.98. The predicted octanol–water partition coefficient (Wildman–Crippen LogP) is 3.60. The molecule has 2 aliphatic rings. The first-order valence-electron chi connectivity index (χ1n) is 6.14. The van der Waals surface area contributed by atoms with E-state index in [1.54, 1.807) is 0 Å². The number of hydrogen-bond donors (Lipinski definition) is 1. The van der Waals surface area contributed by atoms with Crippen molar-refractivity contribution in [2.75, 3.05) is 5.32 Å². The van der Waals surface area contributed by atoms with Gasteiger partial charge in [0.25, 0.3) is 0 Å². The van der Waals surface area contributed by atoms with Crippen molar-refractivity contribution < 1.29 is 0 Å². The van der Waals surface area contributed by atoms with E-state index in [1.165, 1.54) is 36.9 Å². The molecule has 3 rings (SSSR count). The first-order valence-corrected chi connectivity index (χ1v) is 6.14. The van der Waals surface area contributed by atoms with Gasteiger partial charge < -0.3 is 5.32 Å². The minimum Gasteiger partial charge on any atom is -0.382 e. The van der Waals surface area contributed by atoms with Crippen molar-refractivity contribution in [3.63, 3.8) is 0 Å². The number of benzene rings is 1. The molecule has 1 aromatic rings. The Hall–Kier alpha value is -0.980. The summed E-state index contributed by atoms with van der Waals surface area (Å²) in [6, 6.07) is 9.56. The summed E-state index contributed by atoms with van der Waals surface area (Å²) in [5, 5.41) is 3.70. The van der Waals surface area contributed by atoms with E-state index in [0.717, 1.165) is 17.9 Å². The first-order chi connectivity index (χ1) is 7.31. The lowest BCUT2D eigenvalue weighted by atomic mass is 9.95. The molecule has 1 nitrogen and oxygen atoms in total. The van der Waals surface area contributed by atoms with Crippen LogP contribution in [-0.2, 0) is 0 Å². The Bertz CT molecular complexity index is 341. The minimum atomic E-state index is 0.756. The molecule has 2 aliphatic carbocycles. The highest BCUT2D eigenvalue weighted by atomic mass is 14.9. The number of nitrogens with one attached hydrogen (secondary N) is 1. The van der Waals surface area contributed by atoms with E-state index in [9.17, 15) is 0 Å². The highest BCUT2D eigenvalue weighted by molar-refractivity contribution is 5.45. The Morgan fingerprint density at radius 2 is 1.87 bits per heavy atom. The van der Waals surface area contributed by atoms with Gasteiger partial charge in [0.05, 0.1) is 0 Å². The zero-order valence-corrected chi connectivity index (χ0v) is 9.37. The number of fused-ring (bicyclic) bond motifs is 2. The van der Waals surface area contributed by atoms with Crippen molar-refractivity contribution in [1.82, 2.24) is 0 Å². The van der Waals surface area contributed by atoms with E-state index in [-0.39, 0.29) is 0 Å². The van der Waals surface area contributed by atoms with Crippen LogP contribution in [0.2, 0.25) is 0 Å². The van der Waals surface area contributed by atoms with Gasteiger partial charge in [0, 0.05) is 11.7 Å². The van der Waals surface area contributed by atoms with Gasteiger partial charge in [0.15, 0.2) is 0 Å². The molecule has 2 saturated carbocycles. The Morgan fingerprint density at radius 3 is 2.47 bits per heavy atom. The normalized spacial score (nSPS) is 33.3. The second-order valence-electron chi connectivity index (χ2n) is 5.29. The van der Waals surface area contributed by atoms with Gasteiger partial charge in [-0.05, 0) is 50.2 Å². The fraction of sp³-hybridized carbons (Fsp3) is 0.571. The lowest BCUT2D eigenvalue weighted by molar-refractivity contribution is 0.440. The van der Waals surface area contributed by atoms with Crippen LogP contribution in [0.5, 0.6) is 0 Å². The average molecular weight is 201 g/mol. The van der Waals surface area contributed by atoms with Gasteiger partial charge in [0.2, 0.25) is 0 Å². The zero-order valence-electron chi connectivity index (χ0n) is 9.37. The van der Waals surface area contributed by atoms with Gasteiger partial charge in [-0.3, -0.25) is 0 Å². The van der Waals surface area contributed by atoms with Gasteiger partial charge in [-0.25, -0.2) is 0 Å². The van der Waals surface area contributed by atoms with Gasteiger partial charge >= 0.3 is 0 Å². The van der Waals surface area contributed by atoms with E-state index in [2.05, 4.69) is 36.5 Å². The molecule has 2 bridgehead atoms. The van der Waals surface area contributed by atoms with E-state index in [0.29, 0.717) is 0 Å². The molecule has 3 atom stereocenters. The third kappa shape index (κ3) is 1.75. The van der Waals surface area contributed by atoms with E-state index >= 15 is 0 Å². The molecule has 0 amide bonds. The second kappa shape index (κ2) is 3.55. The standard InChI is InChI=1S/C14H19N/c1-10-2-6-13(7-3-10)15-14-9-11-4-5-12(14)8-11/h2-3,6-7,11-12,14-15H,4-5,8-9H2,1H3/t11-,12+,14-/m0/s1. The molecule has 80 valence electrons. The lowest BCUT2D eigenvalue weighted by Gasteiger charge is -2.24. The van der Waals surface area contributed by atoms with Crippen molar-refractivity contribution in [2.45, 2.75) is 38.6 Å². The maximum atomic E-state index is 3.70. The van der Waals surface area contributed by atoms with Crippen LogP contribution in [0.1, 0.15) is 31.2 Å². The number of aryl methyl sites for hydroxylation is 1. The molecule has 0 unspecified atom stereocenters. The molecule has 1 N–H and O–H groups in total. The highest BCUT2D eigenvalue weighted by Gasteiger charge is 2.39. The molecular formula is C14H19N. The van der Waals surface area contributed by atoms with Crippen LogP contribution >= 0.6 is 0 Å². The predicted molar refractivity (Wildman–Crippen MR) is 64.0 cm³/mol. The van der Waals surface area contributed by atoms with Crippen LogP contribution in [0.25, 0.3) is 0 Å². The maximum absolute atomic E-state index is 3.70. The molecular weight excluding hydrogens is 182 g/mol. The molecule has 0 aliphatic heterocycles. The molecule has 0 heterocycles. The summed E-state index contributed by atoms with van der Waals surface area (Å²) in [6.07, 6.45) is 5.81. The second-order valence-corrected chi connectivity index (χ2v) is 5.29. The van der Waals surface area contributed by atoms with Crippen LogP contribution < -0.4 is 5.32 Å². The summed E-state index contributed by atoms with van der Waals surface area (Å²) >= 11 is 0. The monoisotopic (exact) mass is 201 g/mol. The topological polar surface area (TPSA) is 12.0 Å². The molecule has 0 aromatic heterocycles. The van der Waals surface area contributed by atoms with Crippen molar-refractivity contribution in [1.29, 1.82) is 0 Å². The Labute approximate surface area is 91.9 Å². The fourth-order valence-corrected chi connectivity index (χ4v) is 3.29. The molecule has 1 aromatic carbocycles. The van der Waals surface area contributed by atoms with Gasteiger partial charge in [0.1, 0.15) is 0 Å². The van der Waals surface area contributed by atoms with Crippen molar-refractivity contribution >= 4 is 5.69 Å². The van der Waals surface area contributed by atoms with Gasteiger partial charge in [-0.15, -0.1) is 0 Å². The van der Waals surface area contributed by atoms with E-state index in [1.807, 2.05) is 0 Å². The Morgan fingerprint density at radius 1 is 1.07 bits per heavy atom. The third-order valence-electron chi connectivity index (χ3n) is 4.14. The molecule has 15 heavy (non-hydrogen) atoms. The maximum Gasteiger partial charge on any atom is 0.0342 e. The van der Waals surface area contributed by atoms with Crippen molar-refractivity contribution in [2.24, 2.45) is 11.8 Å². The summed E-state index contributed by atoms with van der Waals surface area (Å²) in [5.41, 5.74) is 2.65. The van der Waals surface area contributed by atoms with Gasteiger partial charge in [-0.2, -0.15) is 0 Å². The Kier molecular flexibility index (Phi) is 2.19. The average Bonchev–Trinajstić information content (AvgIpc) is 2.83. The SMILES string of the molecule is Cc1ccc(N[C@H]2C[C@H]3CC[C@@H]2C3)cc1. The van der Waals surface area contributed by atoms with E-state index in [4.69, 9.17) is 0 Å². The third-order valence-corrected chi connectivity index (χ3v) is 4.14. The minimum absolute atomic E-state index is 0.756. The smallest absolute Gasteiger partial charge is 0.0342 e.